The zero-order chi connectivity index (χ0) is 25.9. The average molecular weight is 502 g/mol. The number of carbonyl (C=O) groups excluding carboxylic acids is 1. The molecule has 2 atom stereocenters. The third-order valence-corrected chi connectivity index (χ3v) is 8.92. The second kappa shape index (κ2) is 8.33. The van der Waals surface area contributed by atoms with Gasteiger partial charge < -0.3 is 10.6 Å². The number of nitro groups is 1. The van der Waals surface area contributed by atoms with Gasteiger partial charge in [0.05, 0.1) is 16.3 Å². The molecule has 7 rings (SSSR count). The van der Waals surface area contributed by atoms with Crippen LogP contribution in [0.2, 0.25) is 0 Å². The number of amides is 2. The fraction of sp³-hybridized carbons (Fsp3) is 0.429. The maximum absolute atomic E-state index is 13.4. The van der Waals surface area contributed by atoms with E-state index in [0.717, 1.165) is 43.4 Å². The van der Waals surface area contributed by atoms with Crippen LogP contribution in [0, 0.1) is 28.9 Å². The lowest BCUT2D eigenvalue weighted by Gasteiger charge is -2.62. The first-order chi connectivity index (χ1) is 17.7. The summed E-state index contributed by atoms with van der Waals surface area (Å²) in [6.45, 7) is 1.82. The lowest BCUT2D eigenvalue weighted by atomic mass is 9.45. The van der Waals surface area contributed by atoms with Crippen LogP contribution in [0.1, 0.15) is 49.8 Å². The lowest BCUT2D eigenvalue weighted by molar-refractivity contribution is -0.384. The predicted molar refractivity (Wildman–Crippen MR) is 140 cm³/mol. The molecule has 1 aromatic heterocycles. The predicted octanol–water partition coefficient (Wildman–Crippen LogP) is 4.80. The SMILES string of the molecule is Cc1c(NC(=O)NC23CC4CC(C2)CC(c2ccc([N+](=O)[O-])cc2)(C4)C3)c(=O)n(-c2ccccc2)n1C. The molecule has 0 saturated heterocycles. The van der Waals surface area contributed by atoms with Crippen LogP contribution in [0.3, 0.4) is 0 Å². The number of rotatable bonds is 5. The Labute approximate surface area is 214 Å². The number of nitrogens with one attached hydrogen (secondary N) is 2. The Morgan fingerprint density at radius 2 is 1.68 bits per heavy atom. The molecule has 1 heterocycles. The summed E-state index contributed by atoms with van der Waals surface area (Å²) in [6, 6.07) is 16.0. The Morgan fingerprint density at radius 1 is 1.03 bits per heavy atom. The second-order valence-electron chi connectivity index (χ2n) is 11.3. The molecule has 9 nitrogen and oxygen atoms in total. The van der Waals surface area contributed by atoms with Crippen molar-refractivity contribution in [1.82, 2.24) is 14.7 Å². The van der Waals surface area contributed by atoms with Gasteiger partial charge in [0, 0.05) is 24.7 Å². The fourth-order valence-electron chi connectivity index (χ4n) is 7.78. The van der Waals surface area contributed by atoms with Gasteiger partial charge in [-0.15, -0.1) is 0 Å². The van der Waals surface area contributed by atoms with E-state index >= 15 is 0 Å². The number of non-ortho nitro benzene ring substituents is 1. The molecule has 4 aliphatic rings. The van der Waals surface area contributed by atoms with Crippen molar-refractivity contribution in [3.05, 3.63) is 86.3 Å². The number of nitro benzene ring substituents is 1. The Balaban J connectivity index is 1.26. The summed E-state index contributed by atoms with van der Waals surface area (Å²) in [5.74, 6) is 1.01. The van der Waals surface area contributed by atoms with Crippen molar-refractivity contribution < 1.29 is 9.72 Å². The van der Waals surface area contributed by atoms with Crippen LogP contribution in [0.4, 0.5) is 16.2 Å². The summed E-state index contributed by atoms with van der Waals surface area (Å²) in [6.07, 6.45) is 5.92. The normalized spacial score (nSPS) is 27.7. The van der Waals surface area contributed by atoms with E-state index in [9.17, 15) is 19.7 Å². The van der Waals surface area contributed by atoms with Crippen molar-refractivity contribution in [1.29, 1.82) is 0 Å². The van der Waals surface area contributed by atoms with Gasteiger partial charge in [0.25, 0.3) is 11.2 Å². The third kappa shape index (κ3) is 3.84. The standard InChI is InChI=1S/C28H31N5O4/c1-18-24(25(34)32(31(18)2)22-6-4-3-5-7-22)29-26(35)30-28-15-19-12-20(16-28)14-27(13-19,17-28)21-8-10-23(11-9-21)33(36)37/h3-11,19-20H,12-17H2,1-2H3,(H2,29,30,35). The number of aromatic nitrogens is 2. The topological polar surface area (TPSA) is 111 Å². The molecule has 2 amide bonds. The average Bonchev–Trinajstić information content (AvgIpc) is 3.06. The van der Waals surface area contributed by atoms with Crippen molar-refractivity contribution in [3.8, 4) is 5.69 Å². The minimum atomic E-state index is -0.367. The third-order valence-electron chi connectivity index (χ3n) is 8.92. The Morgan fingerprint density at radius 3 is 2.30 bits per heavy atom. The Kier molecular flexibility index (Phi) is 5.29. The Bertz CT molecular complexity index is 1430. The molecule has 2 aromatic carbocycles. The number of anilines is 1. The van der Waals surface area contributed by atoms with E-state index in [2.05, 4.69) is 10.6 Å². The number of carbonyl (C=O) groups is 1. The molecule has 3 aromatic rings. The van der Waals surface area contributed by atoms with Crippen molar-refractivity contribution in [2.24, 2.45) is 18.9 Å². The summed E-state index contributed by atoms with van der Waals surface area (Å²) in [5, 5.41) is 17.3. The fourth-order valence-corrected chi connectivity index (χ4v) is 7.78. The van der Waals surface area contributed by atoms with E-state index in [4.69, 9.17) is 0 Å². The quantitative estimate of drug-likeness (QED) is 0.386. The van der Waals surface area contributed by atoms with Gasteiger partial charge in [0.15, 0.2) is 0 Å². The lowest BCUT2D eigenvalue weighted by Crippen LogP contribution is -2.64. The van der Waals surface area contributed by atoms with Crippen LogP contribution in [0.25, 0.3) is 5.69 Å². The van der Waals surface area contributed by atoms with Gasteiger partial charge in [0.2, 0.25) is 0 Å². The second-order valence-corrected chi connectivity index (χ2v) is 11.3. The summed E-state index contributed by atoms with van der Waals surface area (Å²) in [5.41, 5.74) is 2.21. The zero-order valence-electron chi connectivity index (χ0n) is 21.1. The van der Waals surface area contributed by atoms with E-state index in [1.807, 2.05) is 49.4 Å². The maximum atomic E-state index is 13.4. The summed E-state index contributed by atoms with van der Waals surface area (Å²) in [7, 11) is 1.81. The smallest absolute Gasteiger partial charge is 0.319 e. The van der Waals surface area contributed by atoms with E-state index in [0.29, 0.717) is 17.5 Å². The number of hydrogen-bond acceptors (Lipinski definition) is 4. The van der Waals surface area contributed by atoms with Gasteiger partial charge in [-0.05, 0) is 80.4 Å². The first-order valence-corrected chi connectivity index (χ1v) is 12.9. The molecule has 2 unspecified atom stereocenters. The van der Waals surface area contributed by atoms with Gasteiger partial charge in [0.1, 0.15) is 5.69 Å². The molecule has 9 heteroatoms. The first kappa shape index (κ1) is 23.5. The highest BCUT2D eigenvalue weighted by Gasteiger charge is 2.58. The maximum Gasteiger partial charge on any atom is 0.319 e. The molecule has 192 valence electrons. The summed E-state index contributed by atoms with van der Waals surface area (Å²) in [4.78, 5) is 37.4. The van der Waals surface area contributed by atoms with Crippen molar-refractivity contribution in [3.63, 3.8) is 0 Å². The summed E-state index contributed by atoms with van der Waals surface area (Å²) >= 11 is 0. The number of hydrogen-bond donors (Lipinski definition) is 2. The zero-order valence-corrected chi connectivity index (χ0v) is 21.1. The number of nitrogens with zero attached hydrogens (tertiary/aromatic N) is 3. The molecular weight excluding hydrogens is 470 g/mol. The van der Waals surface area contributed by atoms with Gasteiger partial charge in [-0.2, -0.15) is 0 Å². The van der Waals surface area contributed by atoms with E-state index in [1.54, 1.807) is 28.5 Å². The van der Waals surface area contributed by atoms with Crippen molar-refractivity contribution >= 4 is 17.4 Å². The molecule has 4 fully saturated rings. The molecule has 0 spiro atoms. The molecule has 0 radical (unpaired) electrons. The van der Waals surface area contributed by atoms with Crippen LogP contribution >= 0.6 is 0 Å². The molecule has 4 bridgehead atoms. The van der Waals surface area contributed by atoms with E-state index < -0.39 is 0 Å². The van der Waals surface area contributed by atoms with Gasteiger partial charge in [-0.25, -0.2) is 9.48 Å². The highest BCUT2D eigenvalue weighted by atomic mass is 16.6. The molecular formula is C28H31N5O4. The highest BCUT2D eigenvalue weighted by Crippen LogP contribution is 2.62. The highest BCUT2D eigenvalue weighted by molar-refractivity contribution is 5.90. The van der Waals surface area contributed by atoms with Crippen LogP contribution in [-0.2, 0) is 12.5 Å². The molecule has 0 aliphatic heterocycles. The first-order valence-electron chi connectivity index (χ1n) is 12.9. The van der Waals surface area contributed by atoms with Crippen molar-refractivity contribution in [2.45, 2.75) is 56.4 Å². The summed E-state index contributed by atoms with van der Waals surface area (Å²) < 4.78 is 3.31. The molecule has 2 N–H and O–H groups in total. The van der Waals surface area contributed by atoms with E-state index in [-0.39, 0.29) is 38.8 Å². The monoisotopic (exact) mass is 501 g/mol. The number of urea groups is 1. The van der Waals surface area contributed by atoms with Crippen LogP contribution < -0.4 is 16.2 Å². The number of benzene rings is 2. The van der Waals surface area contributed by atoms with Gasteiger partial charge in [-0.1, -0.05) is 30.3 Å². The minimum absolute atomic E-state index is 0.0881. The minimum Gasteiger partial charge on any atom is -0.332 e. The number of para-hydroxylation sites is 1. The van der Waals surface area contributed by atoms with Crippen LogP contribution in [-0.4, -0.2) is 25.9 Å². The largest absolute Gasteiger partial charge is 0.332 e. The van der Waals surface area contributed by atoms with Gasteiger partial charge >= 0.3 is 6.03 Å². The van der Waals surface area contributed by atoms with Crippen molar-refractivity contribution in [2.75, 3.05) is 5.32 Å². The van der Waals surface area contributed by atoms with Crippen LogP contribution in [0.15, 0.2) is 59.4 Å². The van der Waals surface area contributed by atoms with Gasteiger partial charge in [-0.3, -0.25) is 19.6 Å². The van der Waals surface area contributed by atoms with E-state index in [1.165, 1.54) is 6.42 Å². The molecule has 4 saturated carbocycles. The molecule has 4 aliphatic carbocycles. The molecule has 37 heavy (non-hydrogen) atoms. The Hall–Kier alpha value is -3.88. The van der Waals surface area contributed by atoms with Crippen LogP contribution in [0.5, 0.6) is 0 Å².